The highest BCUT2D eigenvalue weighted by Gasteiger charge is 2.38. The minimum Gasteiger partial charge on any atom is -0.497 e. The van der Waals surface area contributed by atoms with Crippen molar-refractivity contribution in [2.75, 3.05) is 25.1 Å². The van der Waals surface area contributed by atoms with Gasteiger partial charge in [-0.2, -0.15) is 9.37 Å². The van der Waals surface area contributed by atoms with Gasteiger partial charge in [-0.25, -0.2) is 13.4 Å². The summed E-state index contributed by atoms with van der Waals surface area (Å²) in [5, 5.41) is 10.00. The molecule has 1 aliphatic rings. The van der Waals surface area contributed by atoms with Crippen molar-refractivity contribution in [1.82, 2.24) is 14.5 Å². The number of halogens is 1. The van der Waals surface area contributed by atoms with Crippen LogP contribution in [0.3, 0.4) is 0 Å². The first kappa shape index (κ1) is 29.5. The van der Waals surface area contributed by atoms with Crippen molar-refractivity contribution in [2.24, 2.45) is 0 Å². The van der Waals surface area contributed by atoms with Gasteiger partial charge in [-0.05, 0) is 56.4 Å². The topological polar surface area (TPSA) is 115 Å². The van der Waals surface area contributed by atoms with Gasteiger partial charge in [0, 0.05) is 37.0 Å². The van der Waals surface area contributed by atoms with Gasteiger partial charge in [0.25, 0.3) is 5.56 Å². The lowest BCUT2D eigenvalue weighted by Gasteiger charge is -2.34. The Morgan fingerprint density at radius 2 is 1.93 bits per heavy atom. The summed E-state index contributed by atoms with van der Waals surface area (Å²) in [5.41, 5.74) is 1.09. The third-order valence-corrected chi connectivity index (χ3v) is 9.96. The van der Waals surface area contributed by atoms with E-state index in [9.17, 15) is 22.7 Å². The van der Waals surface area contributed by atoms with E-state index in [0.717, 1.165) is 18.4 Å². The predicted molar refractivity (Wildman–Crippen MR) is 152 cm³/mol. The molecular formula is C29H37FN4O5S. The fourth-order valence-electron chi connectivity index (χ4n) is 5.46. The van der Waals surface area contributed by atoms with E-state index in [1.165, 1.54) is 10.8 Å². The molecule has 0 radical (unpaired) electrons. The second kappa shape index (κ2) is 12.4. The number of pyridine rings is 1. The van der Waals surface area contributed by atoms with Gasteiger partial charge in [-0.15, -0.1) is 0 Å². The molecule has 1 fully saturated rings. The SMILES string of the molecule is CCCCc1nc(O)c(S(=O)(=O)C2CCN(c3ccnc(F)c3C)CC2)c(=O)n1[C@@H](CC)c1cccc(OC)c1. The first-order valence-electron chi connectivity index (χ1n) is 13.7. The fraction of sp³-hybridized carbons (Fsp3) is 0.483. The maximum Gasteiger partial charge on any atom is 0.276 e. The largest absolute Gasteiger partial charge is 0.497 e. The number of hydrogen-bond acceptors (Lipinski definition) is 8. The first-order chi connectivity index (χ1) is 19.1. The summed E-state index contributed by atoms with van der Waals surface area (Å²) in [4.78, 5) is 23.3. The number of ether oxygens (including phenoxy) is 1. The van der Waals surface area contributed by atoms with E-state index < -0.39 is 43.4 Å². The molecule has 0 amide bonds. The molecule has 3 heterocycles. The molecule has 11 heteroatoms. The Labute approximate surface area is 234 Å². The second-order valence-corrected chi connectivity index (χ2v) is 12.3. The molecule has 1 N–H and O–H groups in total. The fourth-order valence-corrected chi connectivity index (χ4v) is 7.27. The summed E-state index contributed by atoms with van der Waals surface area (Å²) in [7, 11) is -2.67. The molecule has 0 spiro atoms. The normalized spacial score (nSPS) is 15.3. The summed E-state index contributed by atoms with van der Waals surface area (Å²) >= 11 is 0. The van der Waals surface area contributed by atoms with Crippen molar-refractivity contribution in [3.05, 3.63) is 69.8 Å². The monoisotopic (exact) mass is 572 g/mol. The molecule has 0 unspecified atom stereocenters. The Balaban J connectivity index is 1.74. The molecule has 3 aromatic rings. The molecule has 1 aromatic carbocycles. The molecule has 40 heavy (non-hydrogen) atoms. The average molecular weight is 573 g/mol. The highest BCUT2D eigenvalue weighted by atomic mass is 32.2. The van der Waals surface area contributed by atoms with Crippen LogP contribution in [-0.2, 0) is 16.3 Å². The van der Waals surface area contributed by atoms with Gasteiger partial charge in [0.05, 0.1) is 18.4 Å². The number of sulfone groups is 1. The third kappa shape index (κ3) is 5.70. The van der Waals surface area contributed by atoms with Crippen LogP contribution in [0.4, 0.5) is 10.1 Å². The van der Waals surface area contributed by atoms with Crippen molar-refractivity contribution in [3.63, 3.8) is 0 Å². The van der Waals surface area contributed by atoms with Crippen LogP contribution in [0.2, 0.25) is 0 Å². The van der Waals surface area contributed by atoms with E-state index in [0.29, 0.717) is 48.8 Å². The smallest absolute Gasteiger partial charge is 0.276 e. The van der Waals surface area contributed by atoms with Gasteiger partial charge in [-0.3, -0.25) is 9.36 Å². The molecule has 4 rings (SSSR count). The van der Waals surface area contributed by atoms with Crippen LogP contribution in [0.5, 0.6) is 11.6 Å². The molecule has 1 atom stereocenters. The summed E-state index contributed by atoms with van der Waals surface area (Å²) in [5.74, 6) is -0.339. The van der Waals surface area contributed by atoms with Crippen LogP contribution in [0.1, 0.15) is 68.9 Å². The highest BCUT2D eigenvalue weighted by molar-refractivity contribution is 7.92. The summed E-state index contributed by atoms with van der Waals surface area (Å²) in [6, 6.07) is 8.53. The van der Waals surface area contributed by atoms with E-state index in [2.05, 4.69) is 9.97 Å². The molecule has 1 aliphatic heterocycles. The average Bonchev–Trinajstić information content (AvgIpc) is 2.95. The third-order valence-electron chi connectivity index (χ3n) is 7.68. The van der Waals surface area contributed by atoms with Gasteiger partial charge in [0.1, 0.15) is 11.6 Å². The van der Waals surface area contributed by atoms with Crippen molar-refractivity contribution < 1.29 is 22.7 Å². The number of anilines is 1. The zero-order chi connectivity index (χ0) is 29.0. The Morgan fingerprint density at radius 1 is 1.20 bits per heavy atom. The van der Waals surface area contributed by atoms with Crippen LogP contribution in [0, 0.1) is 12.9 Å². The molecule has 216 valence electrons. The zero-order valence-electron chi connectivity index (χ0n) is 23.4. The number of aryl methyl sites for hydroxylation is 1. The first-order valence-corrected chi connectivity index (χ1v) is 15.3. The lowest BCUT2D eigenvalue weighted by Crippen LogP contribution is -2.42. The number of methoxy groups -OCH3 is 1. The molecule has 0 aliphatic carbocycles. The standard InChI is InChI=1S/C29H37FN4O5S/c1-5-7-11-25-32-28(35)26(29(36)34(25)23(6-2)20-9-8-10-21(18-20)39-4)40(37,38)22-13-16-33(17-14-22)24-12-15-31-27(30)19(24)3/h8-10,12,15,18,22-23,35H,5-7,11,13-14,16-17H2,1-4H3/t23-/m0/s1. The van der Waals surface area contributed by atoms with Crippen LogP contribution in [-0.4, -0.2) is 53.5 Å². The van der Waals surface area contributed by atoms with Gasteiger partial charge in [0.2, 0.25) is 11.8 Å². The van der Waals surface area contributed by atoms with E-state index in [4.69, 9.17) is 4.74 Å². The van der Waals surface area contributed by atoms with Crippen LogP contribution in [0.25, 0.3) is 0 Å². The number of nitrogens with zero attached hydrogens (tertiary/aromatic N) is 4. The molecule has 1 saturated heterocycles. The van der Waals surface area contributed by atoms with Gasteiger partial charge >= 0.3 is 0 Å². The number of hydrogen-bond donors (Lipinski definition) is 1. The maximum atomic E-state index is 14.1. The predicted octanol–water partition coefficient (Wildman–Crippen LogP) is 4.58. The summed E-state index contributed by atoms with van der Waals surface area (Å²) < 4.78 is 48.6. The van der Waals surface area contributed by atoms with Crippen molar-refractivity contribution in [3.8, 4) is 11.6 Å². The van der Waals surface area contributed by atoms with E-state index in [-0.39, 0.29) is 12.8 Å². The second-order valence-electron chi connectivity index (χ2n) is 10.1. The Hall–Kier alpha value is -3.47. The van der Waals surface area contributed by atoms with Crippen molar-refractivity contribution >= 4 is 15.5 Å². The molecule has 0 bridgehead atoms. The Bertz CT molecular complexity index is 1520. The van der Waals surface area contributed by atoms with Crippen LogP contribution in [0.15, 0.2) is 46.2 Å². The minimum absolute atomic E-state index is 0.218. The lowest BCUT2D eigenvalue weighted by atomic mass is 10.0. The number of aromatic hydroxyl groups is 1. The van der Waals surface area contributed by atoms with E-state index in [1.54, 1.807) is 26.2 Å². The molecule has 0 saturated carbocycles. The number of benzene rings is 1. The van der Waals surface area contributed by atoms with Gasteiger partial charge < -0.3 is 14.7 Å². The molecule has 9 nitrogen and oxygen atoms in total. The molecule has 2 aromatic heterocycles. The lowest BCUT2D eigenvalue weighted by molar-refractivity contribution is 0.401. The highest BCUT2D eigenvalue weighted by Crippen LogP contribution is 2.32. The van der Waals surface area contributed by atoms with Crippen molar-refractivity contribution in [2.45, 2.75) is 75.5 Å². The molecular weight excluding hydrogens is 535 g/mol. The maximum absolute atomic E-state index is 14.1. The summed E-state index contributed by atoms with van der Waals surface area (Å²) in [6.07, 6.45) is 4.30. The minimum atomic E-state index is -4.23. The van der Waals surface area contributed by atoms with Gasteiger partial charge in [0.15, 0.2) is 14.7 Å². The Morgan fingerprint density at radius 3 is 2.58 bits per heavy atom. The zero-order valence-corrected chi connectivity index (χ0v) is 24.2. The summed E-state index contributed by atoms with van der Waals surface area (Å²) in [6.45, 7) is 6.27. The van der Waals surface area contributed by atoms with Crippen LogP contribution < -0.4 is 15.2 Å². The number of unbranched alkanes of at least 4 members (excludes halogenated alkanes) is 1. The van der Waals surface area contributed by atoms with E-state index in [1.807, 2.05) is 36.9 Å². The van der Waals surface area contributed by atoms with E-state index >= 15 is 0 Å². The van der Waals surface area contributed by atoms with Gasteiger partial charge in [-0.1, -0.05) is 32.4 Å². The van der Waals surface area contributed by atoms with Crippen molar-refractivity contribution in [1.29, 1.82) is 0 Å². The van der Waals surface area contributed by atoms with Crippen LogP contribution >= 0.6 is 0 Å². The number of rotatable bonds is 10. The number of aromatic nitrogens is 3. The Kier molecular flexibility index (Phi) is 9.12. The number of piperidine rings is 1. The quantitative estimate of drug-likeness (QED) is 0.351.